The molecule has 2 N–H and O–H groups in total. The Morgan fingerprint density at radius 2 is 1.90 bits per heavy atom. The summed E-state index contributed by atoms with van der Waals surface area (Å²) in [6.45, 7) is 1.09. The van der Waals surface area contributed by atoms with Crippen molar-refractivity contribution in [3.05, 3.63) is 59.7 Å². The molecule has 2 unspecified atom stereocenters. The topological polar surface area (TPSA) is 104 Å². The highest BCUT2D eigenvalue weighted by Crippen LogP contribution is 2.32. The van der Waals surface area contributed by atoms with E-state index in [1.165, 1.54) is 37.3 Å². The van der Waals surface area contributed by atoms with E-state index in [2.05, 4.69) is 0 Å². The van der Waals surface area contributed by atoms with Gasteiger partial charge in [-0.25, -0.2) is 17.2 Å². The van der Waals surface area contributed by atoms with Gasteiger partial charge in [-0.15, -0.1) is 0 Å². The maximum absolute atomic E-state index is 13.7. The van der Waals surface area contributed by atoms with E-state index in [9.17, 15) is 32.2 Å². The second-order valence-electron chi connectivity index (χ2n) is 7.31. The number of nitrogens with zero attached hydrogens (tertiary/aromatic N) is 1. The minimum absolute atomic E-state index is 0.0302. The number of piperidine rings is 1. The Morgan fingerprint density at radius 1 is 1.23 bits per heavy atom. The Bertz CT molecular complexity index is 1040. The molecule has 162 valence electrons. The number of ether oxygens (including phenoxy) is 1. The van der Waals surface area contributed by atoms with Gasteiger partial charge in [-0.1, -0.05) is 0 Å². The largest absolute Gasteiger partial charge is 0.489 e. The SMILES string of the molecule is CC1(O)CCCN(S(=O)(=O)c2ccc(OCc3ccc(F)cc3F)cc2)C1C(=O)O. The third-order valence-corrected chi connectivity index (χ3v) is 6.89. The molecule has 10 heteroatoms. The van der Waals surface area contributed by atoms with Gasteiger partial charge in [0.15, 0.2) is 6.04 Å². The Morgan fingerprint density at radius 3 is 2.50 bits per heavy atom. The van der Waals surface area contributed by atoms with Gasteiger partial charge in [0.25, 0.3) is 0 Å². The number of hydrogen-bond acceptors (Lipinski definition) is 5. The molecule has 0 bridgehead atoms. The van der Waals surface area contributed by atoms with Crippen molar-refractivity contribution in [2.45, 2.75) is 42.9 Å². The van der Waals surface area contributed by atoms with E-state index in [-0.39, 0.29) is 35.8 Å². The molecule has 7 nitrogen and oxygen atoms in total. The Kier molecular flexibility index (Phi) is 6.11. The van der Waals surface area contributed by atoms with Gasteiger partial charge in [0.1, 0.15) is 24.0 Å². The van der Waals surface area contributed by atoms with Crippen molar-refractivity contribution in [2.75, 3.05) is 6.54 Å². The summed E-state index contributed by atoms with van der Waals surface area (Å²) in [5, 5.41) is 19.9. The van der Waals surface area contributed by atoms with E-state index in [0.29, 0.717) is 6.42 Å². The number of hydrogen-bond donors (Lipinski definition) is 2. The fourth-order valence-corrected chi connectivity index (χ4v) is 5.18. The van der Waals surface area contributed by atoms with Gasteiger partial charge in [0.2, 0.25) is 10.0 Å². The lowest BCUT2D eigenvalue weighted by Gasteiger charge is -2.41. The number of carboxylic acids is 1. The summed E-state index contributed by atoms with van der Waals surface area (Å²) >= 11 is 0. The first-order valence-corrected chi connectivity index (χ1v) is 10.6. The zero-order valence-corrected chi connectivity index (χ0v) is 16.9. The van der Waals surface area contributed by atoms with Crippen molar-refractivity contribution >= 4 is 16.0 Å². The van der Waals surface area contributed by atoms with Crippen LogP contribution in [0.1, 0.15) is 25.3 Å². The first-order chi connectivity index (χ1) is 14.0. The molecule has 0 aliphatic carbocycles. The lowest BCUT2D eigenvalue weighted by Crippen LogP contribution is -2.60. The van der Waals surface area contributed by atoms with Crippen molar-refractivity contribution in [3.63, 3.8) is 0 Å². The average molecular weight is 441 g/mol. The van der Waals surface area contributed by atoms with E-state index < -0.39 is 39.3 Å². The molecule has 30 heavy (non-hydrogen) atoms. The summed E-state index contributed by atoms with van der Waals surface area (Å²) in [4.78, 5) is 11.5. The number of rotatable bonds is 6. The van der Waals surface area contributed by atoms with Crippen molar-refractivity contribution in [1.29, 1.82) is 0 Å². The second kappa shape index (κ2) is 8.29. The number of halogens is 2. The van der Waals surface area contributed by atoms with E-state index in [0.717, 1.165) is 16.4 Å². The van der Waals surface area contributed by atoms with Crippen LogP contribution in [0.15, 0.2) is 47.4 Å². The summed E-state index contributed by atoms with van der Waals surface area (Å²) in [5.74, 6) is -2.64. The third kappa shape index (κ3) is 4.45. The van der Waals surface area contributed by atoms with E-state index in [1.807, 2.05) is 0 Å². The molecule has 1 saturated heterocycles. The molecule has 3 rings (SSSR count). The molecule has 0 saturated carbocycles. The van der Waals surface area contributed by atoms with Gasteiger partial charge in [-0.3, -0.25) is 4.79 Å². The summed E-state index contributed by atoms with van der Waals surface area (Å²) in [7, 11) is -4.19. The fraction of sp³-hybridized carbons (Fsp3) is 0.350. The molecule has 0 amide bonds. The van der Waals surface area contributed by atoms with Crippen molar-refractivity contribution in [3.8, 4) is 5.75 Å². The van der Waals surface area contributed by atoms with Crippen LogP contribution in [0.3, 0.4) is 0 Å². The van der Waals surface area contributed by atoms with Crippen molar-refractivity contribution < 1.29 is 36.9 Å². The lowest BCUT2D eigenvalue weighted by atomic mass is 9.88. The van der Waals surface area contributed by atoms with Crippen molar-refractivity contribution in [2.24, 2.45) is 0 Å². The van der Waals surface area contributed by atoms with Gasteiger partial charge in [-0.2, -0.15) is 4.31 Å². The Hall–Kier alpha value is -2.56. The molecule has 0 aromatic heterocycles. The number of benzene rings is 2. The smallest absolute Gasteiger partial charge is 0.325 e. The predicted octanol–water partition coefficient (Wildman–Crippen LogP) is 2.53. The van der Waals surface area contributed by atoms with Gasteiger partial charge in [-0.05, 0) is 56.2 Å². The first-order valence-electron chi connectivity index (χ1n) is 9.16. The molecule has 1 fully saturated rings. The van der Waals surface area contributed by atoms with Gasteiger partial charge >= 0.3 is 5.97 Å². The number of carbonyl (C=O) groups is 1. The van der Waals surface area contributed by atoms with Crippen LogP contribution in [0.25, 0.3) is 0 Å². The van der Waals surface area contributed by atoms with Crippen LogP contribution in [-0.4, -0.2) is 47.1 Å². The van der Waals surface area contributed by atoms with E-state index >= 15 is 0 Å². The molecule has 1 aliphatic rings. The molecule has 1 aliphatic heterocycles. The molecule has 0 spiro atoms. The highest BCUT2D eigenvalue weighted by Gasteiger charge is 2.49. The minimum Gasteiger partial charge on any atom is -0.489 e. The minimum atomic E-state index is -4.19. The molecule has 1 heterocycles. The van der Waals surface area contributed by atoms with Crippen LogP contribution in [0.2, 0.25) is 0 Å². The second-order valence-corrected chi connectivity index (χ2v) is 9.20. The Balaban J connectivity index is 1.78. The zero-order valence-electron chi connectivity index (χ0n) is 16.1. The van der Waals surface area contributed by atoms with E-state index in [1.54, 1.807) is 0 Å². The molecule has 2 aromatic carbocycles. The fourth-order valence-electron chi connectivity index (χ4n) is 3.46. The van der Waals surface area contributed by atoms with E-state index in [4.69, 9.17) is 4.74 Å². The molecular formula is C20H21F2NO6S. The summed E-state index contributed by atoms with van der Waals surface area (Å²) < 4.78 is 58.8. The van der Waals surface area contributed by atoms with Crippen LogP contribution in [0.4, 0.5) is 8.78 Å². The summed E-state index contributed by atoms with van der Waals surface area (Å²) in [5.41, 5.74) is -1.56. The quantitative estimate of drug-likeness (QED) is 0.714. The zero-order chi connectivity index (χ0) is 22.1. The number of carboxylic acid groups (broad SMARTS) is 1. The van der Waals surface area contributed by atoms with Gasteiger partial charge in [0.05, 0.1) is 10.5 Å². The number of aliphatic hydroxyl groups is 1. The molecule has 0 radical (unpaired) electrons. The number of sulfonamides is 1. The highest BCUT2D eigenvalue weighted by molar-refractivity contribution is 7.89. The summed E-state index contributed by atoms with van der Waals surface area (Å²) in [6, 6.07) is 6.68. The van der Waals surface area contributed by atoms with Gasteiger partial charge < -0.3 is 14.9 Å². The lowest BCUT2D eigenvalue weighted by molar-refractivity contribution is -0.153. The van der Waals surface area contributed by atoms with Crippen LogP contribution in [0.5, 0.6) is 5.75 Å². The molecule has 2 aromatic rings. The highest BCUT2D eigenvalue weighted by atomic mass is 32.2. The number of aliphatic carboxylic acids is 1. The maximum atomic E-state index is 13.7. The molecule has 2 atom stereocenters. The normalized spacial score (nSPS) is 22.6. The Labute approximate surface area is 172 Å². The van der Waals surface area contributed by atoms with Crippen LogP contribution < -0.4 is 4.74 Å². The predicted molar refractivity (Wildman–Crippen MR) is 102 cm³/mol. The van der Waals surface area contributed by atoms with Crippen molar-refractivity contribution in [1.82, 2.24) is 4.31 Å². The molecular weight excluding hydrogens is 420 g/mol. The summed E-state index contributed by atoms with van der Waals surface area (Å²) in [6.07, 6.45) is 0.489. The van der Waals surface area contributed by atoms with Crippen LogP contribution in [0, 0.1) is 11.6 Å². The van der Waals surface area contributed by atoms with Crippen LogP contribution in [-0.2, 0) is 21.4 Å². The standard InChI is InChI=1S/C20H21F2NO6S/c1-20(26)9-2-10-23(18(20)19(24)25)30(27,28)16-7-5-15(6-8-16)29-12-13-3-4-14(21)11-17(13)22/h3-8,11,18,26H,2,9-10,12H2,1H3,(H,24,25). The monoisotopic (exact) mass is 441 g/mol. The first kappa shape index (κ1) is 22.1. The average Bonchev–Trinajstić information content (AvgIpc) is 2.66. The van der Waals surface area contributed by atoms with Crippen LogP contribution >= 0.6 is 0 Å². The van der Waals surface area contributed by atoms with Gasteiger partial charge in [0, 0.05) is 18.2 Å². The maximum Gasteiger partial charge on any atom is 0.325 e. The third-order valence-electron chi connectivity index (χ3n) is 5.01.